The second kappa shape index (κ2) is 5.41. The van der Waals surface area contributed by atoms with Gasteiger partial charge in [0.2, 0.25) is 0 Å². The molecule has 0 nitrogen and oxygen atoms in total. The minimum Gasteiger partial charge on any atom is -0.0688 e. The van der Waals surface area contributed by atoms with Gasteiger partial charge in [0.15, 0.2) is 6.71 Å². The molecule has 2 atom stereocenters. The molecule has 0 aliphatic carbocycles. The van der Waals surface area contributed by atoms with Crippen molar-refractivity contribution in [1.82, 2.24) is 0 Å². The van der Waals surface area contributed by atoms with Crippen LogP contribution in [-0.4, -0.2) is 6.71 Å². The highest BCUT2D eigenvalue weighted by Crippen LogP contribution is 2.45. The van der Waals surface area contributed by atoms with Gasteiger partial charge in [-0.15, -0.1) is 0 Å². The Hall–Kier alpha value is 0.0649. The van der Waals surface area contributed by atoms with Crippen molar-refractivity contribution in [2.24, 2.45) is 11.8 Å². The van der Waals surface area contributed by atoms with Crippen molar-refractivity contribution < 1.29 is 0 Å². The largest absolute Gasteiger partial charge is 0.151 e. The predicted molar refractivity (Wildman–Crippen MR) is 74.0 cm³/mol. The molecule has 0 aromatic carbocycles. The molecule has 2 unspecified atom stereocenters. The lowest BCUT2D eigenvalue weighted by Gasteiger charge is -2.40. The third-order valence-corrected chi connectivity index (χ3v) is 4.24. The highest BCUT2D eigenvalue weighted by atomic mass is 14.2. The van der Waals surface area contributed by atoms with E-state index in [1.807, 2.05) is 0 Å². The van der Waals surface area contributed by atoms with E-state index in [4.69, 9.17) is 0 Å². The van der Waals surface area contributed by atoms with Gasteiger partial charge >= 0.3 is 0 Å². The summed E-state index contributed by atoms with van der Waals surface area (Å²) in [5, 5.41) is 0.424. The van der Waals surface area contributed by atoms with Gasteiger partial charge in [-0.1, -0.05) is 91.1 Å². The van der Waals surface area contributed by atoms with Crippen molar-refractivity contribution in [1.29, 1.82) is 0 Å². The van der Waals surface area contributed by atoms with Crippen LogP contribution in [0.1, 0.15) is 62.3 Å². The van der Waals surface area contributed by atoms with Crippen molar-refractivity contribution in [2.45, 2.75) is 79.3 Å². The van der Waals surface area contributed by atoms with Crippen LogP contribution in [0.3, 0.4) is 0 Å². The molecule has 0 bridgehead atoms. The molecule has 0 saturated carbocycles. The summed E-state index contributed by atoms with van der Waals surface area (Å²) in [6.45, 7) is 22.3. The van der Waals surface area contributed by atoms with Crippen molar-refractivity contribution in [2.75, 3.05) is 0 Å². The Bertz CT molecular complexity index is 162. The van der Waals surface area contributed by atoms with Gasteiger partial charge in [0.05, 0.1) is 0 Å². The molecule has 0 fully saturated rings. The third kappa shape index (κ3) is 4.21. The normalized spacial score (nSPS) is 17.0. The molecule has 0 heterocycles. The van der Waals surface area contributed by atoms with E-state index >= 15 is 0 Å². The van der Waals surface area contributed by atoms with Gasteiger partial charge in [0.1, 0.15) is 0 Å². The molecule has 0 saturated heterocycles. The van der Waals surface area contributed by atoms with Crippen LogP contribution in [0.15, 0.2) is 0 Å². The summed E-state index contributed by atoms with van der Waals surface area (Å²) >= 11 is 0. The molecule has 0 N–H and O–H groups in total. The van der Waals surface area contributed by atoms with Crippen LogP contribution < -0.4 is 0 Å². The van der Waals surface area contributed by atoms with Gasteiger partial charge in [-0.3, -0.25) is 0 Å². The van der Waals surface area contributed by atoms with E-state index in [9.17, 15) is 0 Å². The molecule has 0 radical (unpaired) electrons. The van der Waals surface area contributed by atoms with E-state index in [0.717, 1.165) is 30.2 Å². The van der Waals surface area contributed by atoms with Crippen LogP contribution in [0.4, 0.5) is 0 Å². The van der Waals surface area contributed by atoms with E-state index in [-0.39, 0.29) is 0 Å². The Labute approximate surface area is 98.3 Å². The number of hydrogen-bond donors (Lipinski definition) is 0. The summed E-state index contributed by atoms with van der Waals surface area (Å²) in [6.07, 6.45) is 0. The van der Waals surface area contributed by atoms with Gasteiger partial charge in [0, 0.05) is 0 Å². The second-order valence-corrected chi connectivity index (χ2v) is 7.10. The maximum atomic E-state index is 2.43. The highest BCUT2D eigenvalue weighted by Gasteiger charge is 2.39. The zero-order chi connectivity index (χ0) is 12.4. The van der Waals surface area contributed by atoms with Crippen LogP contribution in [0, 0.1) is 11.8 Å². The van der Waals surface area contributed by atoms with Crippen molar-refractivity contribution in [3.05, 3.63) is 0 Å². The Morgan fingerprint density at radius 2 is 0.933 bits per heavy atom. The molecule has 0 aromatic heterocycles. The highest BCUT2D eigenvalue weighted by molar-refractivity contribution is 6.65. The van der Waals surface area contributed by atoms with Crippen LogP contribution in [0.5, 0.6) is 0 Å². The Kier molecular flexibility index (Phi) is 5.43. The number of rotatable bonds is 4. The van der Waals surface area contributed by atoms with Crippen LogP contribution in [0.2, 0.25) is 16.9 Å². The van der Waals surface area contributed by atoms with E-state index in [1.165, 1.54) is 0 Å². The quantitative estimate of drug-likeness (QED) is 0.547. The minimum atomic E-state index is 0.424. The van der Waals surface area contributed by atoms with Crippen molar-refractivity contribution >= 4 is 6.71 Å². The first-order valence-electron chi connectivity index (χ1n) is 6.59. The molecule has 0 amide bonds. The molecule has 0 aromatic rings. The zero-order valence-electron chi connectivity index (χ0n) is 12.4. The summed E-state index contributed by atoms with van der Waals surface area (Å²) in [7, 11) is 0. The molecule has 0 rings (SSSR count). The van der Waals surface area contributed by atoms with Gasteiger partial charge < -0.3 is 0 Å². The fraction of sp³-hybridized carbons (Fsp3) is 1.00. The summed E-state index contributed by atoms with van der Waals surface area (Å²) in [4.78, 5) is 0. The maximum Gasteiger partial charge on any atom is 0.151 e. The zero-order valence-corrected chi connectivity index (χ0v) is 12.4. The lowest BCUT2D eigenvalue weighted by atomic mass is 9.21. The van der Waals surface area contributed by atoms with E-state index in [1.54, 1.807) is 0 Å². The Morgan fingerprint density at radius 1 is 0.667 bits per heavy atom. The summed E-state index contributed by atoms with van der Waals surface area (Å²) in [5.41, 5.74) is 0. The molecular weight excluding hydrogens is 179 g/mol. The smallest absolute Gasteiger partial charge is 0.0688 e. The topological polar surface area (TPSA) is 0 Å². The second-order valence-electron chi connectivity index (χ2n) is 7.10. The molecule has 15 heavy (non-hydrogen) atoms. The van der Waals surface area contributed by atoms with Gasteiger partial charge in [-0.2, -0.15) is 0 Å². The summed E-state index contributed by atoms with van der Waals surface area (Å²) < 4.78 is 0. The maximum absolute atomic E-state index is 2.43. The van der Waals surface area contributed by atoms with Crippen LogP contribution >= 0.6 is 0 Å². The first-order chi connectivity index (χ1) is 6.59. The molecule has 0 aliphatic rings. The first-order valence-corrected chi connectivity index (χ1v) is 6.59. The van der Waals surface area contributed by atoms with E-state index in [0.29, 0.717) is 5.31 Å². The van der Waals surface area contributed by atoms with Crippen molar-refractivity contribution in [3.63, 3.8) is 0 Å². The minimum absolute atomic E-state index is 0.424. The Morgan fingerprint density at radius 3 is 1.07 bits per heavy atom. The molecule has 1 heteroatoms. The fourth-order valence-electron chi connectivity index (χ4n) is 2.89. The molecule has 0 aliphatic heterocycles. The summed E-state index contributed by atoms with van der Waals surface area (Å²) in [5.74, 6) is 3.19. The molecule has 90 valence electrons. The Balaban J connectivity index is 4.90. The lowest BCUT2D eigenvalue weighted by Crippen LogP contribution is -2.37. The SMILES string of the molecule is CC(C)C(C)B(C(C)C(C)C)C(C)(C)C. The third-order valence-electron chi connectivity index (χ3n) is 4.24. The molecule has 0 spiro atoms. The van der Waals surface area contributed by atoms with Crippen LogP contribution in [0.25, 0.3) is 0 Å². The van der Waals surface area contributed by atoms with E-state index in [2.05, 4.69) is 62.3 Å². The summed E-state index contributed by atoms with van der Waals surface area (Å²) in [6, 6.07) is 0. The van der Waals surface area contributed by atoms with Gasteiger partial charge in [-0.25, -0.2) is 0 Å². The number of hydrogen-bond acceptors (Lipinski definition) is 0. The first kappa shape index (κ1) is 15.1. The monoisotopic (exact) mass is 210 g/mol. The van der Waals surface area contributed by atoms with E-state index < -0.39 is 0 Å². The van der Waals surface area contributed by atoms with Gasteiger partial charge in [-0.05, 0) is 0 Å². The predicted octanol–water partition coefficient (Wildman–Crippen LogP) is 5.37. The average molecular weight is 210 g/mol. The van der Waals surface area contributed by atoms with Crippen molar-refractivity contribution in [3.8, 4) is 0 Å². The fourth-order valence-corrected chi connectivity index (χ4v) is 2.89. The standard InChI is InChI=1S/C14H31B/c1-10(2)12(5)15(14(7,8)9)13(6)11(3)4/h10-13H,1-9H3. The molecular formula is C14H31B. The van der Waals surface area contributed by atoms with Gasteiger partial charge in [0.25, 0.3) is 0 Å². The van der Waals surface area contributed by atoms with Crippen LogP contribution in [-0.2, 0) is 0 Å². The average Bonchev–Trinajstić information content (AvgIpc) is 2.01. The lowest BCUT2D eigenvalue weighted by molar-refractivity contribution is 0.528.